The van der Waals surface area contributed by atoms with Crippen molar-refractivity contribution in [2.24, 2.45) is 23.7 Å². The van der Waals surface area contributed by atoms with Gasteiger partial charge in [-0.1, -0.05) is 293 Å². The summed E-state index contributed by atoms with van der Waals surface area (Å²) >= 11 is 0. The van der Waals surface area contributed by atoms with Crippen molar-refractivity contribution in [1.82, 2.24) is 0 Å². The maximum absolute atomic E-state index is 13.0. The summed E-state index contributed by atoms with van der Waals surface area (Å²) in [5, 5.41) is 10.6. The standard InChI is InChI=1S/C70H136O17P2/c1-60(2)46-38-30-22-14-12-10-9-11-13-15-26-34-42-50-67(72)80-56-65(86-69(74)52-44-36-28-20-17-24-32-40-48-62(5)6)58-84-88(76,77)82-54-64(71)55-83-89(78,79)85-59-66(87-70(75)53-45-37-29-21-18-25-33-41-49-63(7)8)57-81-68(73)51-43-35-27-19-16-23-31-39-47-61(3)4/h60-66,71H,9-59H2,1-8H3,(H,76,77)(H,78,79)/t64?,65-,66-/m1/s1. The van der Waals surface area contributed by atoms with Crippen LogP contribution in [0.2, 0.25) is 0 Å². The predicted octanol–water partition coefficient (Wildman–Crippen LogP) is 19.7. The Morgan fingerprint density at radius 3 is 0.697 bits per heavy atom. The van der Waals surface area contributed by atoms with Crippen LogP contribution in [-0.2, 0) is 65.4 Å². The maximum atomic E-state index is 13.0. The number of aliphatic hydroxyl groups excluding tert-OH is 1. The van der Waals surface area contributed by atoms with Crippen LogP contribution in [0.3, 0.4) is 0 Å². The van der Waals surface area contributed by atoms with Gasteiger partial charge < -0.3 is 33.8 Å². The highest BCUT2D eigenvalue weighted by Gasteiger charge is 2.30. The second kappa shape index (κ2) is 59.8. The number of phosphoric ester groups is 2. The zero-order valence-corrected chi connectivity index (χ0v) is 59.8. The lowest BCUT2D eigenvalue weighted by molar-refractivity contribution is -0.161. The number of carbonyl (C=O) groups excluding carboxylic acids is 4. The maximum Gasteiger partial charge on any atom is 0.472 e. The van der Waals surface area contributed by atoms with Gasteiger partial charge in [-0.05, 0) is 49.4 Å². The Hall–Kier alpha value is -1.94. The molecule has 0 aliphatic carbocycles. The van der Waals surface area contributed by atoms with E-state index in [1.165, 1.54) is 148 Å². The Bertz CT molecular complexity index is 1760. The van der Waals surface area contributed by atoms with E-state index in [-0.39, 0.29) is 25.7 Å². The van der Waals surface area contributed by atoms with E-state index in [1.807, 2.05) is 0 Å². The van der Waals surface area contributed by atoms with Crippen LogP contribution in [-0.4, -0.2) is 96.7 Å². The summed E-state index contributed by atoms with van der Waals surface area (Å²) in [7, 11) is -9.90. The number of unbranched alkanes of at least 4 members (excludes halogenated alkanes) is 33. The van der Waals surface area contributed by atoms with E-state index in [0.29, 0.717) is 25.7 Å². The summed E-state index contributed by atoms with van der Waals surface area (Å²) in [6.45, 7) is 14.0. The van der Waals surface area contributed by atoms with E-state index in [4.69, 9.17) is 37.0 Å². The molecule has 0 radical (unpaired) electrons. The van der Waals surface area contributed by atoms with Gasteiger partial charge in [-0.2, -0.15) is 0 Å². The van der Waals surface area contributed by atoms with Crippen LogP contribution in [0.1, 0.15) is 344 Å². The fraction of sp³-hybridized carbons (Fsp3) is 0.943. The van der Waals surface area contributed by atoms with Crippen molar-refractivity contribution in [2.45, 2.75) is 363 Å². The highest BCUT2D eigenvalue weighted by molar-refractivity contribution is 7.47. The summed E-state index contributed by atoms with van der Waals surface area (Å²) < 4.78 is 68.2. The van der Waals surface area contributed by atoms with E-state index in [9.17, 15) is 43.2 Å². The fourth-order valence-electron chi connectivity index (χ4n) is 10.5. The average molecular weight is 1310 g/mol. The zero-order chi connectivity index (χ0) is 66.1. The first-order chi connectivity index (χ1) is 42.6. The van der Waals surface area contributed by atoms with E-state index in [1.54, 1.807) is 0 Å². The Labute approximate surface area is 543 Å². The average Bonchev–Trinajstić information content (AvgIpc) is 3.63. The molecule has 528 valence electrons. The summed E-state index contributed by atoms with van der Waals surface area (Å²) in [6, 6.07) is 0. The summed E-state index contributed by atoms with van der Waals surface area (Å²) in [5.74, 6) is 0.822. The molecule has 0 fully saturated rings. The van der Waals surface area contributed by atoms with E-state index < -0.39 is 97.5 Å². The number of aliphatic hydroxyl groups is 1. The molecule has 0 rings (SSSR count). The first kappa shape index (κ1) is 87.1. The van der Waals surface area contributed by atoms with Crippen LogP contribution in [0.25, 0.3) is 0 Å². The SMILES string of the molecule is CC(C)CCCCCCCCCCCCCCCC(=O)OC[C@H](COP(=O)(O)OCC(O)COP(=O)(O)OC[C@@H](COC(=O)CCCCCCCCCCC(C)C)OC(=O)CCCCCCCCCCC(C)C)OC(=O)CCCCCCCCCCC(C)C. The Morgan fingerprint density at radius 2 is 0.472 bits per heavy atom. The molecule has 0 aromatic heterocycles. The van der Waals surface area contributed by atoms with Gasteiger partial charge in [-0.25, -0.2) is 9.13 Å². The topological polar surface area (TPSA) is 237 Å². The second-order valence-corrected chi connectivity index (χ2v) is 30.1. The van der Waals surface area contributed by atoms with Gasteiger partial charge in [-0.15, -0.1) is 0 Å². The first-order valence-corrected chi connectivity index (χ1v) is 39.2. The van der Waals surface area contributed by atoms with Crippen molar-refractivity contribution >= 4 is 39.5 Å². The van der Waals surface area contributed by atoms with Gasteiger partial charge in [0.1, 0.15) is 19.3 Å². The van der Waals surface area contributed by atoms with Gasteiger partial charge in [0.05, 0.1) is 26.4 Å². The number of hydrogen-bond donors (Lipinski definition) is 3. The molecular formula is C70H136O17P2. The highest BCUT2D eigenvalue weighted by atomic mass is 31.2. The summed E-state index contributed by atoms with van der Waals surface area (Å²) in [5.41, 5.74) is 0. The Kier molecular flexibility index (Phi) is 58.5. The molecule has 17 nitrogen and oxygen atoms in total. The lowest BCUT2D eigenvalue weighted by Gasteiger charge is -2.21. The number of hydrogen-bond acceptors (Lipinski definition) is 15. The quantitative estimate of drug-likeness (QED) is 0.0222. The largest absolute Gasteiger partial charge is 0.472 e. The molecule has 0 spiro atoms. The van der Waals surface area contributed by atoms with Crippen LogP contribution in [0.5, 0.6) is 0 Å². The van der Waals surface area contributed by atoms with Crippen molar-refractivity contribution < 1.29 is 80.2 Å². The van der Waals surface area contributed by atoms with E-state index >= 15 is 0 Å². The van der Waals surface area contributed by atoms with Crippen molar-refractivity contribution in [3.8, 4) is 0 Å². The number of esters is 4. The minimum Gasteiger partial charge on any atom is -0.462 e. The van der Waals surface area contributed by atoms with Gasteiger partial charge in [0.2, 0.25) is 0 Å². The van der Waals surface area contributed by atoms with Crippen molar-refractivity contribution in [1.29, 1.82) is 0 Å². The predicted molar refractivity (Wildman–Crippen MR) is 358 cm³/mol. The van der Waals surface area contributed by atoms with E-state index in [2.05, 4.69) is 55.4 Å². The number of phosphoric acid groups is 2. The lowest BCUT2D eigenvalue weighted by atomic mass is 10.0. The molecule has 0 aromatic carbocycles. The Morgan fingerprint density at radius 1 is 0.281 bits per heavy atom. The minimum absolute atomic E-state index is 0.103. The Balaban J connectivity index is 5.23. The first-order valence-electron chi connectivity index (χ1n) is 36.2. The zero-order valence-electron chi connectivity index (χ0n) is 58.1. The molecule has 0 amide bonds. The van der Waals surface area contributed by atoms with Gasteiger partial charge in [0.25, 0.3) is 0 Å². The normalized spacial score (nSPS) is 14.3. The van der Waals surface area contributed by atoms with E-state index in [0.717, 1.165) is 114 Å². The third-order valence-corrected chi connectivity index (χ3v) is 18.0. The lowest BCUT2D eigenvalue weighted by Crippen LogP contribution is -2.30. The van der Waals surface area contributed by atoms with Crippen molar-refractivity contribution in [3.05, 3.63) is 0 Å². The van der Waals surface area contributed by atoms with Gasteiger partial charge in [0.15, 0.2) is 12.2 Å². The third kappa shape index (κ3) is 64.6. The summed E-state index contributed by atoms with van der Waals surface area (Å²) in [6.07, 6.45) is 41.8. The molecule has 0 bridgehead atoms. The third-order valence-electron chi connectivity index (χ3n) is 16.1. The molecule has 0 aromatic rings. The molecule has 0 aliphatic heterocycles. The number of carbonyl (C=O) groups is 4. The molecule has 0 aliphatic rings. The molecular weight excluding hydrogens is 1170 g/mol. The van der Waals surface area contributed by atoms with Crippen LogP contribution in [0.4, 0.5) is 0 Å². The monoisotopic (exact) mass is 1310 g/mol. The van der Waals surface area contributed by atoms with Crippen LogP contribution < -0.4 is 0 Å². The van der Waals surface area contributed by atoms with Gasteiger partial charge in [-0.3, -0.25) is 37.3 Å². The molecule has 5 atom stereocenters. The van der Waals surface area contributed by atoms with Crippen LogP contribution in [0.15, 0.2) is 0 Å². The minimum atomic E-state index is -4.95. The smallest absolute Gasteiger partial charge is 0.462 e. The van der Waals surface area contributed by atoms with Crippen LogP contribution in [0, 0.1) is 23.7 Å². The van der Waals surface area contributed by atoms with Crippen molar-refractivity contribution in [2.75, 3.05) is 39.6 Å². The van der Waals surface area contributed by atoms with Crippen molar-refractivity contribution in [3.63, 3.8) is 0 Å². The number of rotatable bonds is 67. The van der Waals surface area contributed by atoms with Gasteiger partial charge >= 0.3 is 39.5 Å². The molecule has 89 heavy (non-hydrogen) atoms. The van der Waals surface area contributed by atoms with Gasteiger partial charge in [0, 0.05) is 25.7 Å². The molecule has 3 unspecified atom stereocenters. The molecule has 19 heteroatoms. The second-order valence-electron chi connectivity index (χ2n) is 27.2. The molecule has 3 N–H and O–H groups in total. The van der Waals surface area contributed by atoms with Crippen LogP contribution >= 0.6 is 15.6 Å². The number of ether oxygens (including phenoxy) is 4. The fourth-order valence-corrected chi connectivity index (χ4v) is 12.1. The molecule has 0 saturated heterocycles. The molecule has 0 heterocycles. The highest BCUT2D eigenvalue weighted by Crippen LogP contribution is 2.45. The summed E-state index contributed by atoms with van der Waals surface area (Å²) in [4.78, 5) is 72.5. The molecule has 0 saturated carbocycles.